The van der Waals surface area contributed by atoms with Crippen LogP contribution in [0.4, 0.5) is 0 Å². The maximum Gasteiger partial charge on any atom is 0.0722 e. The van der Waals surface area contributed by atoms with Gasteiger partial charge in [-0.3, -0.25) is 4.21 Å². The molecule has 2 rings (SSSR count). The molecule has 0 aliphatic carbocycles. The Balaban J connectivity index is 2.21. The van der Waals surface area contributed by atoms with Crippen LogP contribution in [0, 0.1) is 0 Å². The molecule has 0 spiro atoms. The Hall–Kier alpha value is -0.540. The molecule has 1 aromatic rings. The number of hydrogen-bond acceptors (Lipinski definition) is 2. The Morgan fingerprint density at radius 2 is 2.07 bits per heavy atom. The second kappa shape index (κ2) is 4.80. The normalized spacial score (nSPS) is 25.1. The average molecular weight is 224 g/mol. The zero-order valence-electron chi connectivity index (χ0n) is 7.81. The zero-order valence-corrected chi connectivity index (χ0v) is 9.44. The smallest absolute Gasteiger partial charge is 0.0722 e. The molecule has 0 bridgehead atoms. The van der Waals surface area contributed by atoms with Gasteiger partial charge in [0.1, 0.15) is 0 Å². The fraction of sp³-hybridized carbons (Fsp3) is 0.273. The van der Waals surface area contributed by atoms with Crippen molar-refractivity contribution in [2.75, 3.05) is 11.5 Å². The lowest BCUT2D eigenvalue weighted by Gasteiger charge is -2.12. The van der Waals surface area contributed by atoms with E-state index in [1.807, 2.05) is 36.4 Å². The van der Waals surface area contributed by atoms with E-state index in [2.05, 4.69) is 0 Å². The summed E-state index contributed by atoms with van der Waals surface area (Å²) in [7, 11) is -0.754. The lowest BCUT2D eigenvalue weighted by molar-refractivity contribution is 0.686. The van der Waals surface area contributed by atoms with Crippen LogP contribution in [0.15, 0.2) is 34.6 Å². The van der Waals surface area contributed by atoms with Crippen LogP contribution >= 0.6 is 11.8 Å². The summed E-state index contributed by atoms with van der Waals surface area (Å²) in [6.45, 7) is 0. The molecule has 0 amide bonds. The summed E-state index contributed by atoms with van der Waals surface area (Å²) in [6, 6.07) is 10.1. The van der Waals surface area contributed by atoms with E-state index in [0.717, 1.165) is 27.7 Å². The van der Waals surface area contributed by atoms with Crippen molar-refractivity contribution in [3.63, 3.8) is 0 Å². The van der Waals surface area contributed by atoms with Gasteiger partial charge in [-0.25, -0.2) is 0 Å². The van der Waals surface area contributed by atoms with Gasteiger partial charge in [0, 0.05) is 5.75 Å². The van der Waals surface area contributed by atoms with Gasteiger partial charge in [0.25, 0.3) is 0 Å². The fourth-order valence-corrected chi connectivity index (χ4v) is 4.11. The van der Waals surface area contributed by atoms with Crippen molar-refractivity contribution in [1.29, 1.82) is 0 Å². The summed E-state index contributed by atoms with van der Waals surface area (Å²) >= 11 is 1.73. The minimum Gasteiger partial charge on any atom is -0.254 e. The molecule has 1 nitrogen and oxygen atoms in total. The largest absolute Gasteiger partial charge is 0.254 e. The minimum atomic E-state index is -0.754. The van der Waals surface area contributed by atoms with E-state index < -0.39 is 10.8 Å². The van der Waals surface area contributed by atoms with Gasteiger partial charge in [0.2, 0.25) is 0 Å². The number of benzene rings is 1. The van der Waals surface area contributed by atoms with E-state index in [0.29, 0.717) is 0 Å². The van der Waals surface area contributed by atoms with Crippen LogP contribution in [0.1, 0.15) is 12.0 Å². The summed E-state index contributed by atoms with van der Waals surface area (Å²) in [5, 5.41) is 0. The van der Waals surface area contributed by atoms with Gasteiger partial charge in [-0.05, 0) is 23.8 Å². The maximum absolute atomic E-state index is 11.6. The molecule has 1 aliphatic heterocycles. The van der Waals surface area contributed by atoms with Crippen LogP contribution in [0.3, 0.4) is 0 Å². The highest BCUT2D eigenvalue weighted by molar-refractivity contribution is 8.17. The van der Waals surface area contributed by atoms with Gasteiger partial charge in [0.15, 0.2) is 0 Å². The SMILES string of the molecule is O=S1CCCS/C1=C/c1ccccc1. The molecule has 14 heavy (non-hydrogen) atoms. The molecule has 1 aromatic carbocycles. The summed E-state index contributed by atoms with van der Waals surface area (Å²) in [5.41, 5.74) is 1.14. The zero-order chi connectivity index (χ0) is 9.80. The Bertz CT molecular complexity index is 357. The van der Waals surface area contributed by atoms with Crippen molar-refractivity contribution in [3.8, 4) is 0 Å². The third kappa shape index (κ3) is 2.49. The third-order valence-corrected chi connectivity index (χ3v) is 5.06. The van der Waals surface area contributed by atoms with Crippen molar-refractivity contribution in [2.45, 2.75) is 6.42 Å². The van der Waals surface area contributed by atoms with E-state index in [1.54, 1.807) is 11.8 Å². The van der Waals surface area contributed by atoms with Crippen LogP contribution in [-0.2, 0) is 10.8 Å². The molecule has 0 radical (unpaired) electrons. The number of rotatable bonds is 1. The van der Waals surface area contributed by atoms with Crippen LogP contribution in [0.5, 0.6) is 0 Å². The highest BCUT2D eigenvalue weighted by atomic mass is 32.2. The molecule has 1 saturated heterocycles. The van der Waals surface area contributed by atoms with Crippen molar-refractivity contribution < 1.29 is 4.21 Å². The predicted octanol–water partition coefficient (Wildman–Crippen LogP) is 2.87. The topological polar surface area (TPSA) is 17.1 Å². The van der Waals surface area contributed by atoms with Gasteiger partial charge in [0.05, 0.1) is 15.0 Å². The molecule has 0 aromatic heterocycles. The van der Waals surface area contributed by atoms with Gasteiger partial charge >= 0.3 is 0 Å². The molecular formula is C11H12OS2. The van der Waals surface area contributed by atoms with E-state index in [4.69, 9.17) is 0 Å². The quantitative estimate of drug-likeness (QED) is 0.729. The standard InChI is InChI=1S/C11H12OS2/c12-14-8-4-7-13-11(14)9-10-5-2-1-3-6-10/h1-3,5-6,9H,4,7-8H2/b11-9-. The maximum atomic E-state index is 11.6. The molecule has 0 saturated carbocycles. The van der Waals surface area contributed by atoms with Gasteiger partial charge in [-0.1, -0.05) is 30.3 Å². The summed E-state index contributed by atoms with van der Waals surface area (Å²) < 4.78 is 12.7. The first kappa shape index (κ1) is 9.99. The highest BCUT2D eigenvalue weighted by Crippen LogP contribution is 2.28. The lowest BCUT2D eigenvalue weighted by atomic mass is 10.2. The van der Waals surface area contributed by atoms with Gasteiger partial charge in [-0.2, -0.15) is 0 Å². The Morgan fingerprint density at radius 1 is 1.29 bits per heavy atom. The van der Waals surface area contributed by atoms with Gasteiger partial charge in [-0.15, -0.1) is 11.8 Å². The second-order valence-electron chi connectivity index (χ2n) is 3.13. The first-order valence-electron chi connectivity index (χ1n) is 4.64. The second-order valence-corrected chi connectivity index (χ2v) is 6.06. The lowest BCUT2D eigenvalue weighted by Crippen LogP contribution is -2.06. The molecule has 3 heteroatoms. The van der Waals surface area contributed by atoms with Crippen molar-refractivity contribution in [1.82, 2.24) is 0 Å². The summed E-state index contributed by atoms with van der Waals surface area (Å²) in [5.74, 6) is 1.93. The van der Waals surface area contributed by atoms with Crippen LogP contribution in [-0.4, -0.2) is 15.7 Å². The molecular weight excluding hydrogens is 212 g/mol. The number of thioether (sulfide) groups is 1. The Morgan fingerprint density at radius 3 is 2.79 bits per heavy atom. The summed E-state index contributed by atoms with van der Waals surface area (Å²) in [6.07, 6.45) is 3.11. The average Bonchev–Trinajstić information content (AvgIpc) is 2.23. The third-order valence-electron chi connectivity index (χ3n) is 2.03. The molecule has 1 unspecified atom stereocenters. The summed E-state index contributed by atoms with van der Waals surface area (Å²) in [4.78, 5) is 0. The van der Waals surface area contributed by atoms with Crippen LogP contribution in [0.2, 0.25) is 0 Å². The van der Waals surface area contributed by atoms with Crippen LogP contribution < -0.4 is 0 Å². The Kier molecular flexibility index (Phi) is 3.43. The predicted molar refractivity (Wildman–Crippen MR) is 64.5 cm³/mol. The Labute approximate surface area is 91.1 Å². The molecule has 1 heterocycles. The monoisotopic (exact) mass is 224 g/mol. The van der Waals surface area contributed by atoms with Crippen molar-refractivity contribution in [3.05, 3.63) is 40.1 Å². The van der Waals surface area contributed by atoms with Gasteiger partial charge < -0.3 is 0 Å². The molecule has 1 fully saturated rings. The van der Waals surface area contributed by atoms with Crippen molar-refractivity contribution >= 4 is 28.6 Å². The highest BCUT2D eigenvalue weighted by Gasteiger charge is 2.13. The van der Waals surface area contributed by atoms with Crippen molar-refractivity contribution in [2.24, 2.45) is 0 Å². The van der Waals surface area contributed by atoms with E-state index in [1.165, 1.54) is 0 Å². The van der Waals surface area contributed by atoms with E-state index in [9.17, 15) is 4.21 Å². The first-order chi connectivity index (χ1) is 6.86. The van der Waals surface area contributed by atoms with E-state index >= 15 is 0 Å². The van der Waals surface area contributed by atoms with Crippen LogP contribution in [0.25, 0.3) is 6.08 Å². The minimum absolute atomic E-state index is 0.754. The molecule has 1 aliphatic rings. The fourth-order valence-electron chi connectivity index (χ4n) is 1.32. The molecule has 0 N–H and O–H groups in total. The molecule has 1 atom stereocenters. The van der Waals surface area contributed by atoms with E-state index in [-0.39, 0.29) is 0 Å². The number of hydrogen-bond donors (Lipinski definition) is 0. The molecule has 74 valence electrons. The first-order valence-corrected chi connectivity index (χ1v) is 6.94.